The van der Waals surface area contributed by atoms with E-state index in [1.54, 1.807) is 31.2 Å². The summed E-state index contributed by atoms with van der Waals surface area (Å²) in [6.07, 6.45) is 1.57. The monoisotopic (exact) mass is 340 g/mol. The van der Waals surface area contributed by atoms with Crippen LogP contribution >= 0.6 is 23.4 Å². The third-order valence-electron chi connectivity index (χ3n) is 2.55. The Bertz CT molecular complexity index is 673. The summed E-state index contributed by atoms with van der Waals surface area (Å²) in [5.74, 6) is -0.488. The normalized spacial score (nSPS) is 15.8. The number of hydrogen-bond donors (Lipinski definition) is 1. The highest BCUT2D eigenvalue weighted by atomic mass is 35.5. The van der Waals surface area contributed by atoms with Crippen molar-refractivity contribution in [3.05, 3.63) is 33.7 Å². The maximum absolute atomic E-state index is 11.6. The molecule has 0 saturated heterocycles. The molecule has 0 radical (unpaired) electrons. The molecule has 1 amide bonds. The topological polar surface area (TPSA) is 91.0 Å². The number of ether oxygens (including phenoxy) is 2. The molecule has 1 aliphatic heterocycles. The number of nitrogens with two attached hydrogens (primary N) is 1. The molecule has 0 spiro atoms. The zero-order valence-electron chi connectivity index (χ0n) is 11.7. The van der Waals surface area contributed by atoms with E-state index in [-0.39, 0.29) is 18.4 Å². The quantitative estimate of drug-likeness (QED) is 0.652. The first-order chi connectivity index (χ1) is 10.5. The summed E-state index contributed by atoms with van der Waals surface area (Å²) in [5, 5.41) is 0.659. The van der Waals surface area contributed by atoms with Gasteiger partial charge < -0.3 is 15.2 Å². The summed E-state index contributed by atoms with van der Waals surface area (Å²) in [5.41, 5.74) is 6.05. The average Bonchev–Trinajstić information content (AvgIpc) is 2.76. The molecule has 8 heteroatoms. The number of nitrogens with zero attached hydrogens (tertiary/aromatic N) is 1. The molecule has 1 aliphatic rings. The minimum Gasteiger partial charge on any atom is -0.481 e. The molecule has 0 atom stereocenters. The molecule has 1 aromatic carbocycles. The van der Waals surface area contributed by atoms with Crippen molar-refractivity contribution in [2.24, 2.45) is 10.7 Å². The second-order valence-corrected chi connectivity index (χ2v) is 5.64. The van der Waals surface area contributed by atoms with Crippen LogP contribution in [0.25, 0.3) is 6.08 Å². The van der Waals surface area contributed by atoms with Gasteiger partial charge in [-0.25, -0.2) is 4.79 Å². The maximum Gasteiger partial charge on any atom is 0.344 e. The maximum atomic E-state index is 11.6. The van der Waals surface area contributed by atoms with Gasteiger partial charge in [-0.05, 0) is 43.0 Å². The van der Waals surface area contributed by atoms with E-state index in [1.165, 1.54) is 0 Å². The van der Waals surface area contributed by atoms with Crippen LogP contribution in [0, 0.1) is 0 Å². The number of amidine groups is 1. The van der Waals surface area contributed by atoms with Crippen LogP contribution in [0.5, 0.6) is 5.75 Å². The van der Waals surface area contributed by atoms with Gasteiger partial charge in [0.2, 0.25) is 0 Å². The Kier molecular flexibility index (Phi) is 5.46. The molecule has 6 nitrogen and oxygen atoms in total. The van der Waals surface area contributed by atoms with E-state index in [1.807, 2.05) is 0 Å². The Labute approximate surface area is 136 Å². The molecule has 22 heavy (non-hydrogen) atoms. The number of aliphatic imine (C=N–C) groups is 1. The van der Waals surface area contributed by atoms with E-state index in [0.29, 0.717) is 21.2 Å². The van der Waals surface area contributed by atoms with Crippen LogP contribution in [-0.4, -0.2) is 30.3 Å². The number of rotatable bonds is 5. The van der Waals surface area contributed by atoms with E-state index in [0.717, 1.165) is 11.8 Å². The van der Waals surface area contributed by atoms with Gasteiger partial charge in [0.1, 0.15) is 5.75 Å². The Morgan fingerprint density at radius 1 is 1.50 bits per heavy atom. The number of amides is 1. The highest BCUT2D eigenvalue weighted by Gasteiger charge is 2.20. The molecule has 116 valence electrons. The number of hydrogen-bond acceptors (Lipinski definition) is 6. The van der Waals surface area contributed by atoms with E-state index >= 15 is 0 Å². The van der Waals surface area contributed by atoms with Gasteiger partial charge in [0.25, 0.3) is 5.91 Å². The van der Waals surface area contributed by atoms with Crippen molar-refractivity contribution in [3.63, 3.8) is 0 Å². The van der Waals surface area contributed by atoms with E-state index < -0.39 is 11.9 Å². The number of benzene rings is 1. The lowest BCUT2D eigenvalue weighted by Crippen LogP contribution is -2.14. The van der Waals surface area contributed by atoms with Gasteiger partial charge in [0, 0.05) is 10.6 Å². The zero-order chi connectivity index (χ0) is 16.1. The Hall–Kier alpha value is -1.99. The fourth-order valence-electron chi connectivity index (χ4n) is 1.67. The first-order valence-electron chi connectivity index (χ1n) is 6.35. The Morgan fingerprint density at radius 2 is 2.27 bits per heavy atom. The molecule has 0 fully saturated rings. The zero-order valence-corrected chi connectivity index (χ0v) is 13.2. The van der Waals surface area contributed by atoms with Crippen LogP contribution < -0.4 is 10.5 Å². The molecule has 2 N–H and O–H groups in total. The van der Waals surface area contributed by atoms with Crippen LogP contribution in [0.2, 0.25) is 5.02 Å². The van der Waals surface area contributed by atoms with Crippen molar-refractivity contribution in [2.45, 2.75) is 6.92 Å². The van der Waals surface area contributed by atoms with Crippen LogP contribution in [0.3, 0.4) is 0 Å². The first kappa shape index (κ1) is 16.4. The minimum absolute atomic E-state index is 0.187. The van der Waals surface area contributed by atoms with Gasteiger partial charge in [0.15, 0.2) is 11.8 Å². The Balaban J connectivity index is 2.20. The molecular formula is C14H13ClN2O4S. The van der Waals surface area contributed by atoms with Crippen LogP contribution in [0.15, 0.2) is 28.1 Å². The standard InChI is InChI=1S/C14H13ClN2O4S/c1-2-20-12(18)7-21-10-4-3-9(15)5-8(10)6-11-13(19)17-14(16)22-11/h3-6H,2,7H2,1H3,(H2,16,17,19)/b11-6-. The summed E-state index contributed by atoms with van der Waals surface area (Å²) in [7, 11) is 0. The lowest BCUT2D eigenvalue weighted by atomic mass is 10.2. The van der Waals surface area contributed by atoms with Gasteiger partial charge in [-0.15, -0.1) is 0 Å². The highest BCUT2D eigenvalue weighted by molar-refractivity contribution is 8.18. The summed E-state index contributed by atoms with van der Waals surface area (Å²) >= 11 is 7.02. The lowest BCUT2D eigenvalue weighted by Gasteiger charge is -2.09. The molecule has 0 aromatic heterocycles. The molecule has 1 aromatic rings. The number of carbonyl (C=O) groups excluding carboxylic acids is 2. The third kappa shape index (κ3) is 4.25. The second-order valence-electron chi connectivity index (χ2n) is 4.14. The predicted molar refractivity (Wildman–Crippen MR) is 85.8 cm³/mol. The Morgan fingerprint density at radius 3 is 2.91 bits per heavy atom. The molecule has 0 aliphatic carbocycles. The number of thioether (sulfide) groups is 1. The number of esters is 1. The molecule has 1 heterocycles. The number of carbonyl (C=O) groups is 2. The lowest BCUT2D eigenvalue weighted by molar-refractivity contribution is -0.145. The minimum atomic E-state index is -0.477. The van der Waals surface area contributed by atoms with Gasteiger partial charge in [-0.3, -0.25) is 4.79 Å². The van der Waals surface area contributed by atoms with Gasteiger partial charge in [0.05, 0.1) is 11.5 Å². The van der Waals surface area contributed by atoms with Crippen LogP contribution in [0.4, 0.5) is 0 Å². The summed E-state index contributed by atoms with van der Waals surface area (Å²) in [6.45, 7) is 1.76. The van der Waals surface area contributed by atoms with Crippen molar-refractivity contribution in [1.82, 2.24) is 0 Å². The molecule has 2 rings (SSSR count). The molecule has 0 bridgehead atoms. The van der Waals surface area contributed by atoms with Crippen molar-refractivity contribution in [3.8, 4) is 5.75 Å². The smallest absolute Gasteiger partial charge is 0.344 e. The van der Waals surface area contributed by atoms with Crippen LogP contribution in [-0.2, 0) is 14.3 Å². The fraction of sp³-hybridized carbons (Fsp3) is 0.214. The van der Waals surface area contributed by atoms with Gasteiger partial charge >= 0.3 is 5.97 Å². The summed E-state index contributed by atoms with van der Waals surface area (Å²) < 4.78 is 10.2. The van der Waals surface area contributed by atoms with Gasteiger partial charge in [-0.1, -0.05) is 11.6 Å². The van der Waals surface area contributed by atoms with Crippen molar-refractivity contribution >= 4 is 46.5 Å². The largest absolute Gasteiger partial charge is 0.481 e. The first-order valence-corrected chi connectivity index (χ1v) is 7.55. The predicted octanol–water partition coefficient (Wildman–Crippen LogP) is 2.21. The van der Waals surface area contributed by atoms with Crippen LogP contribution in [0.1, 0.15) is 12.5 Å². The molecular weight excluding hydrogens is 328 g/mol. The van der Waals surface area contributed by atoms with Crippen molar-refractivity contribution in [1.29, 1.82) is 0 Å². The van der Waals surface area contributed by atoms with Crippen molar-refractivity contribution in [2.75, 3.05) is 13.2 Å². The summed E-state index contributed by atoms with van der Waals surface area (Å²) in [6, 6.07) is 4.86. The summed E-state index contributed by atoms with van der Waals surface area (Å²) in [4.78, 5) is 27.0. The second kappa shape index (κ2) is 7.33. The van der Waals surface area contributed by atoms with Crippen molar-refractivity contribution < 1.29 is 19.1 Å². The van der Waals surface area contributed by atoms with E-state index in [2.05, 4.69) is 4.99 Å². The third-order valence-corrected chi connectivity index (χ3v) is 3.59. The highest BCUT2D eigenvalue weighted by Crippen LogP contribution is 2.31. The number of halogens is 1. The average molecular weight is 341 g/mol. The molecule has 0 unspecified atom stereocenters. The fourth-order valence-corrected chi connectivity index (χ4v) is 2.52. The SMILES string of the molecule is CCOC(=O)COc1ccc(Cl)cc1/C=C1\SC(N)=NC1=O. The molecule has 0 saturated carbocycles. The van der Waals surface area contributed by atoms with E-state index in [4.69, 9.17) is 26.8 Å². The van der Waals surface area contributed by atoms with E-state index in [9.17, 15) is 9.59 Å². The van der Waals surface area contributed by atoms with Gasteiger partial charge in [-0.2, -0.15) is 4.99 Å².